The molecule has 1 aromatic heterocycles. The highest BCUT2D eigenvalue weighted by molar-refractivity contribution is 5.69. The number of nitrogens with one attached hydrogen (secondary N) is 1. The lowest BCUT2D eigenvalue weighted by molar-refractivity contribution is -0.140. The molecule has 0 radical (unpaired) electrons. The highest BCUT2D eigenvalue weighted by Crippen LogP contribution is 2.39. The second-order valence-electron chi connectivity index (χ2n) is 8.59. The van der Waals surface area contributed by atoms with Gasteiger partial charge in [0.15, 0.2) is 0 Å². The Bertz CT molecular complexity index is 1370. The summed E-state index contributed by atoms with van der Waals surface area (Å²) in [6.45, 7) is -0.785. The number of carbonyl (C=O) groups is 1. The number of hydrogen-bond donors (Lipinski definition) is 4. The van der Waals surface area contributed by atoms with Gasteiger partial charge in [-0.25, -0.2) is 4.98 Å². The summed E-state index contributed by atoms with van der Waals surface area (Å²) in [5.74, 6) is -1.65. The first-order valence-corrected chi connectivity index (χ1v) is 11.2. The summed E-state index contributed by atoms with van der Waals surface area (Å²) in [7, 11) is 0. The molecule has 0 unspecified atom stereocenters. The van der Waals surface area contributed by atoms with Crippen LogP contribution >= 0.6 is 0 Å². The molecule has 0 aliphatic rings. The Kier molecular flexibility index (Phi) is 7.33. The van der Waals surface area contributed by atoms with Gasteiger partial charge in [-0.3, -0.25) is 4.79 Å². The average molecular weight is 512 g/mol. The van der Waals surface area contributed by atoms with Crippen LogP contribution in [-0.4, -0.2) is 32.8 Å². The number of halogens is 3. The molecule has 0 amide bonds. The summed E-state index contributed by atoms with van der Waals surface area (Å²) in [6.07, 6.45) is -4.08. The molecule has 7 nitrogen and oxygen atoms in total. The fourth-order valence-electron chi connectivity index (χ4n) is 3.84. The maximum atomic E-state index is 13.9. The zero-order valence-electron chi connectivity index (χ0n) is 19.5. The average Bonchev–Trinajstić information content (AvgIpc) is 3.38. The number of rotatable bonds is 9. The molecule has 0 spiro atoms. The molecule has 4 aromatic rings. The van der Waals surface area contributed by atoms with Crippen LogP contribution in [0.4, 0.5) is 13.2 Å². The van der Waals surface area contributed by atoms with Gasteiger partial charge < -0.3 is 25.7 Å². The number of aliphatic hydroxyl groups excluding tert-OH is 1. The molecule has 192 valence electrons. The second kappa shape index (κ2) is 10.5. The van der Waals surface area contributed by atoms with E-state index in [1.165, 1.54) is 18.3 Å². The number of nitrogens with zero attached hydrogens (tertiary/aromatic N) is 1. The van der Waals surface area contributed by atoms with E-state index in [0.29, 0.717) is 5.56 Å². The number of carboxylic acids is 1. The van der Waals surface area contributed by atoms with E-state index in [0.717, 1.165) is 17.2 Å². The van der Waals surface area contributed by atoms with Crippen LogP contribution < -0.4 is 10.5 Å². The van der Waals surface area contributed by atoms with Crippen LogP contribution in [0.5, 0.6) is 5.75 Å². The Morgan fingerprint density at radius 1 is 0.973 bits per heavy atom. The van der Waals surface area contributed by atoms with Gasteiger partial charge in [0.05, 0.1) is 30.5 Å². The molecule has 0 saturated heterocycles. The first kappa shape index (κ1) is 25.9. The molecule has 1 heterocycles. The van der Waals surface area contributed by atoms with Gasteiger partial charge in [-0.15, -0.1) is 0 Å². The lowest BCUT2D eigenvalue weighted by Crippen LogP contribution is -2.43. The summed E-state index contributed by atoms with van der Waals surface area (Å²) >= 11 is 0. The van der Waals surface area contributed by atoms with Crippen LogP contribution in [-0.2, 0) is 23.1 Å². The fraction of sp³-hybridized carbons (Fsp3) is 0.185. The Morgan fingerprint density at radius 2 is 1.62 bits per heavy atom. The van der Waals surface area contributed by atoms with E-state index in [4.69, 9.17) is 15.6 Å². The highest BCUT2D eigenvalue weighted by atomic mass is 19.4. The smallest absolute Gasteiger partial charge is 0.419 e. The Hall–Kier alpha value is -4.15. The second-order valence-corrected chi connectivity index (χ2v) is 8.59. The van der Waals surface area contributed by atoms with Gasteiger partial charge in [-0.1, -0.05) is 54.6 Å². The van der Waals surface area contributed by atoms with Gasteiger partial charge in [0.25, 0.3) is 0 Å². The highest BCUT2D eigenvalue weighted by Gasteiger charge is 2.36. The van der Waals surface area contributed by atoms with Crippen molar-refractivity contribution in [2.75, 3.05) is 6.61 Å². The molecule has 0 aliphatic heterocycles. The van der Waals surface area contributed by atoms with Crippen molar-refractivity contribution >= 4 is 5.97 Å². The van der Waals surface area contributed by atoms with Gasteiger partial charge in [-0.05, 0) is 34.9 Å². The molecule has 5 N–H and O–H groups in total. The molecule has 37 heavy (non-hydrogen) atoms. The minimum atomic E-state index is -4.70. The van der Waals surface area contributed by atoms with E-state index >= 15 is 0 Å². The number of imidazole rings is 1. The van der Waals surface area contributed by atoms with Crippen LogP contribution in [0.1, 0.15) is 23.4 Å². The number of aromatic amines is 1. The minimum absolute atomic E-state index is 0.0553. The number of nitrogens with two attached hydrogens (primary N) is 1. The monoisotopic (exact) mass is 511 g/mol. The van der Waals surface area contributed by atoms with Gasteiger partial charge in [0.2, 0.25) is 0 Å². The minimum Gasteiger partial charge on any atom is -0.488 e. The molecule has 4 rings (SSSR count). The van der Waals surface area contributed by atoms with E-state index in [1.807, 2.05) is 42.5 Å². The third-order valence-electron chi connectivity index (χ3n) is 5.85. The van der Waals surface area contributed by atoms with Crippen molar-refractivity contribution in [1.82, 2.24) is 9.97 Å². The molecule has 0 saturated carbocycles. The van der Waals surface area contributed by atoms with Crippen molar-refractivity contribution in [1.29, 1.82) is 0 Å². The zero-order chi connectivity index (χ0) is 26.6. The predicted molar refractivity (Wildman–Crippen MR) is 130 cm³/mol. The Balaban J connectivity index is 1.55. The van der Waals surface area contributed by atoms with Crippen molar-refractivity contribution in [2.24, 2.45) is 5.73 Å². The number of ether oxygens (including phenoxy) is 1. The molecular formula is C27H24F3N3O4. The third-order valence-corrected chi connectivity index (χ3v) is 5.85. The van der Waals surface area contributed by atoms with Crippen molar-refractivity contribution in [2.45, 2.75) is 24.7 Å². The van der Waals surface area contributed by atoms with Crippen molar-refractivity contribution in [3.8, 4) is 28.1 Å². The maximum absolute atomic E-state index is 13.9. The summed E-state index contributed by atoms with van der Waals surface area (Å²) in [5, 5.41) is 18.6. The number of aliphatic carboxylic acids is 1. The molecule has 3 aromatic carbocycles. The summed E-state index contributed by atoms with van der Waals surface area (Å²) in [6, 6.07) is 20.6. The lowest BCUT2D eigenvalue weighted by Gasteiger charge is -2.22. The largest absolute Gasteiger partial charge is 0.488 e. The molecule has 1 atom stereocenters. The number of carboxylic acid groups (broad SMARTS) is 1. The van der Waals surface area contributed by atoms with Crippen LogP contribution in [0.3, 0.4) is 0 Å². The number of hydrogen-bond acceptors (Lipinski definition) is 5. The zero-order valence-corrected chi connectivity index (χ0v) is 19.5. The number of alkyl halides is 3. The standard InChI is InChI=1S/C27H24F3N3O4/c28-27(29,30)21-12-20(22-14-32-25(33-22)26(31,16-34)13-24(35)36)10-11-23(21)37-15-17-6-8-19(9-7-17)18-4-2-1-3-5-18/h1-12,14,34H,13,15-16,31H2,(H,32,33)(H,35,36)/t26-/m1/s1. The molecule has 10 heteroatoms. The van der Waals surface area contributed by atoms with Gasteiger partial charge in [0.1, 0.15) is 23.7 Å². The number of benzene rings is 3. The lowest BCUT2D eigenvalue weighted by atomic mass is 9.97. The number of aromatic nitrogens is 2. The molecular weight excluding hydrogens is 487 g/mol. The van der Waals surface area contributed by atoms with Crippen molar-refractivity contribution < 1.29 is 32.9 Å². The number of H-pyrrole nitrogens is 1. The quantitative estimate of drug-likeness (QED) is 0.252. The Morgan fingerprint density at radius 3 is 2.24 bits per heavy atom. The van der Waals surface area contributed by atoms with Crippen LogP contribution in [0, 0.1) is 0 Å². The first-order chi connectivity index (χ1) is 17.6. The Labute approximate surface area is 210 Å². The van der Waals surface area contributed by atoms with Crippen molar-refractivity contribution in [3.63, 3.8) is 0 Å². The van der Waals surface area contributed by atoms with E-state index in [2.05, 4.69) is 9.97 Å². The topological polar surface area (TPSA) is 121 Å². The first-order valence-electron chi connectivity index (χ1n) is 11.2. The fourth-order valence-corrected chi connectivity index (χ4v) is 3.84. The summed E-state index contributed by atoms with van der Waals surface area (Å²) < 4.78 is 47.2. The van der Waals surface area contributed by atoms with Crippen LogP contribution in [0.15, 0.2) is 79.0 Å². The van der Waals surface area contributed by atoms with Gasteiger partial charge >= 0.3 is 12.1 Å². The predicted octanol–water partition coefficient (Wildman–Crippen LogP) is 4.96. The van der Waals surface area contributed by atoms with Gasteiger partial charge in [0, 0.05) is 5.56 Å². The SMILES string of the molecule is N[C@@](CO)(CC(=O)O)c1ncc(-c2ccc(OCc3ccc(-c4ccccc4)cc3)c(C(F)(F)F)c2)[nH]1. The summed E-state index contributed by atoms with van der Waals surface area (Å²) in [4.78, 5) is 17.8. The van der Waals surface area contributed by atoms with E-state index in [-0.39, 0.29) is 29.4 Å². The van der Waals surface area contributed by atoms with Crippen LogP contribution in [0.25, 0.3) is 22.4 Å². The molecule has 0 bridgehead atoms. The van der Waals surface area contributed by atoms with E-state index in [1.54, 1.807) is 12.1 Å². The van der Waals surface area contributed by atoms with E-state index in [9.17, 15) is 23.1 Å². The van der Waals surface area contributed by atoms with Gasteiger partial charge in [-0.2, -0.15) is 13.2 Å². The molecule has 0 fully saturated rings. The normalized spacial score (nSPS) is 13.2. The maximum Gasteiger partial charge on any atom is 0.419 e. The third kappa shape index (κ3) is 5.99. The van der Waals surface area contributed by atoms with Crippen molar-refractivity contribution in [3.05, 3.63) is 95.9 Å². The number of aliphatic hydroxyl groups is 1. The summed E-state index contributed by atoms with van der Waals surface area (Å²) in [5.41, 5.74) is 6.29. The molecule has 0 aliphatic carbocycles. The van der Waals surface area contributed by atoms with E-state index < -0.39 is 36.3 Å². The van der Waals surface area contributed by atoms with Crippen LogP contribution in [0.2, 0.25) is 0 Å².